The zero-order valence-corrected chi connectivity index (χ0v) is 13.9. The highest BCUT2D eigenvalue weighted by atomic mass is 16.5. The van der Waals surface area contributed by atoms with Crippen LogP contribution in [0.25, 0.3) is 0 Å². The number of anilines is 1. The van der Waals surface area contributed by atoms with Crippen LogP contribution < -0.4 is 10.1 Å². The number of amides is 1. The SMILES string of the molecule is COc1ccccc1CCNc1ccc(C(=O)N2CCCC2)nn1. The Hall–Kier alpha value is -2.63. The molecule has 0 aliphatic carbocycles. The third kappa shape index (κ3) is 3.82. The molecule has 3 rings (SSSR count). The highest BCUT2D eigenvalue weighted by molar-refractivity contribution is 5.92. The smallest absolute Gasteiger partial charge is 0.274 e. The number of hydrogen-bond donors (Lipinski definition) is 1. The van der Waals surface area contributed by atoms with Gasteiger partial charge in [0, 0.05) is 19.6 Å². The van der Waals surface area contributed by atoms with Crippen LogP contribution in [0.1, 0.15) is 28.9 Å². The number of nitrogens with zero attached hydrogens (tertiary/aromatic N) is 3. The summed E-state index contributed by atoms with van der Waals surface area (Å²) in [4.78, 5) is 14.0. The van der Waals surface area contributed by atoms with Crippen molar-refractivity contribution in [3.05, 3.63) is 47.7 Å². The number of hydrogen-bond acceptors (Lipinski definition) is 5. The molecule has 2 aromatic rings. The van der Waals surface area contributed by atoms with Crippen molar-refractivity contribution < 1.29 is 9.53 Å². The Morgan fingerprint density at radius 2 is 1.96 bits per heavy atom. The van der Waals surface area contributed by atoms with Crippen LogP contribution in [0.4, 0.5) is 5.82 Å². The van der Waals surface area contributed by atoms with Gasteiger partial charge in [-0.25, -0.2) is 0 Å². The van der Waals surface area contributed by atoms with Gasteiger partial charge < -0.3 is 15.0 Å². The number of benzene rings is 1. The standard InChI is InChI=1S/C18H22N4O2/c1-24-16-7-3-2-6-14(16)10-11-19-17-9-8-15(20-21-17)18(23)22-12-4-5-13-22/h2-3,6-9H,4-5,10-13H2,1H3,(H,19,21). The number of nitrogens with one attached hydrogen (secondary N) is 1. The van der Waals surface area contributed by atoms with Crippen molar-refractivity contribution in [2.24, 2.45) is 0 Å². The summed E-state index contributed by atoms with van der Waals surface area (Å²) in [7, 11) is 1.67. The quantitative estimate of drug-likeness (QED) is 0.883. The third-order valence-electron chi connectivity index (χ3n) is 4.17. The fourth-order valence-corrected chi connectivity index (χ4v) is 2.86. The van der Waals surface area contributed by atoms with E-state index < -0.39 is 0 Å². The number of ether oxygens (including phenoxy) is 1. The van der Waals surface area contributed by atoms with E-state index in [4.69, 9.17) is 4.74 Å². The minimum Gasteiger partial charge on any atom is -0.496 e. The van der Waals surface area contributed by atoms with Crippen molar-refractivity contribution in [3.63, 3.8) is 0 Å². The summed E-state index contributed by atoms with van der Waals surface area (Å²) in [5.74, 6) is 1.53. The fourth-order valence-electron chi connectivity index (χ4n) is 2.86. The summed E-state index contributed by atoms with van der Waals surface area (Å²) >= 11 is 0. The van der Waals surface area contributed by atoms with Crippen LogP contribution in [-0.4, -0.2) is 47.7 Å². The monoisotopic (exact) mass is 326 g/mol. The zero-order chi connectivity index (χ0) is 16.8. The molecule has 1 saturated heterocycles. The van der Waals surface area contributed by atoms with Gasteiger partial charge in [-0.05, 0) is 43.0 Å². The van der Waals surface area contributed by atoms with Crippen LogP contribution in [0.5, 0.6) is 5.75 Å². The zero-order valence-electron chi connectivity index (χ0n) is 13.9. The van der Waals surface area contributed by atoms with E-state index in [1.54, 1.807) is 19.2 Å². The molecule has 1 amide bonds. The van der Waals surface area contributed by atoms with Crippen molar-refractivity contribution in [2.75, 3.05) is 32.1 Å². The van der Waals surface area contributed by atoms with Crippen molar-refractivity contribution in [1.82, 2.24) is 15.1 Å². The van der Waals surface area contributed by atoms with E-state index in [0.717, 1.165) is 43.7 Å². The molecule has 2 heterocycles. The lowest BCUT2D eigenvalue weighted by molar-refractivity contribution is 0.0786. The predicted octanol–water partition coefficient (Wildman–Crippen LogP) is 2.38. The molecule has 0 radical (unpaired) electrons. The Morgan fingerprint density at radius 1 is 1.17 bits per heavy atom. The highest BCUT2D eigenvalue weighted by Gasteiger charge is 2.20. The molecule has 6 nitrogen and oxygen atoms in total. The van der Waals surface area contributed by atoms with Crippen LogP contribution in [0.15, 0.2) is 36.4 Å². The average Bonchev–Trinajstić information content (AvgIpc) is 3.17. The lowest BCUT2D eigenvalue weighted by Crippen LogP contribution is -2.28. The Bertz CT molecular complexity index is 682. The minimum atomic E-state index is -0.0272. The molecule has 24 heavy (non-hydrogen) atoms. The second-order valence-corrected chi connectivity index (χ2v) is 5.79. The lowest BCUT2D eigenvalue weighted by Gasteiger charge is -2.14. The first kappa shape index (κ1) is 16.2. The minimum absolute atomic E-state index is 0.0272. The second kappa shape index (κ2) is 7.77. The largest absolute Gasteiger partial charge is 0.496 e. The van der Waals surface area contributed by atoms with Gasteiger partial charge in [0.05, 0.1) is 7.11 Å². The van der Waals surface area contributed by atoms with E-state index in [2.05, 4.69) is 15.5 Å². The molecule has 1 aliphatic rings. The van der Waals surface area contributed by atoms with Crippen LogP contribution in [0, 0.1) is 0 Å². The summed E-state index contributed by atoms with van der Waals surface area (Å²) in [5, 5.41) is 11.4. The van der Waals surface area contributed by atoms with Crippen molar-refractivity contribution >= 4 is 11.7 Å². The van der Waals surface area contributed by atoms with Crippen molar-refractivity contribution in [2.45, 2.75) is 19.3 Å². The number of methoxy groups -OCH3 is 1. The topological polar surface area (TPSA) is 67.3 Å². The van der Waals surface area contributed by atoms with E-state index in [0.29, 0.717) is 18.1 Å². The summed E-state index contributed by atoms with van der Waals surface area (Å²) < 4.78 is 5.34. The Morgan fingerprint density at radius 3 is 2.67 bits per heavy atom. The second-order valence-electron chi connectivity index (χ2n) is 5.79. The molecule has 0 bridgehead atoms. The third-order valence-corrected chi connectivity index (χ3v) is 4.17. The maximum absolute atomic E-state index is 12.2. The van der Waals surface area contributed by atoms with Gasteiger partial charge in [0.15, 0.2) is 5.69 Å². The van der Waals surface area contributed by atoms with E-state index in [1.165, 1.54) is 0 Å². The molecular weight excluding hydrogens is 304 g/mol. The molecule has 6 heteroatoms. The first-order valence-corrected chi connectivity index (χ1v) is 8.26. The normalized spacial score (nSPS) is 13.8. The molecule has 0 atom stereocenters. The maximum Gasteiger partial charge on any atom is 0.274 e. The van der Waals surface area contributed by atoms with Crippen molar-refractivity contribution in [1.29, 1.82) is 0 Å². The van der Waals surface area contributed by atoms with Gasteiger partial charge in [-0.3, -0.25) is 4.79 Å². The average molecular weight is 326 g/mol. The molecule has 1 aliphatic heterocycles. The molecule has 0 saturated carbocycles. The summed E-state index contributed by atoms with van der Waals surface area (Å²) in [6, 6.07) is 11.5. The van der Waals surface area contributed by atoms with Gasteiger partial charge in [-0.15, -0.1) is 10.2 Å². The molecule has 0 spiro atoms. The Kier molecular flexibility index (Phi) is 5.25. The van der Waals surface area contributed by atoms with Gasteiger partial charge in [-0.2, -0.15) is 0 Å². The summed E-state index contributed by atoms with van der Waals surface area (Å²) in [5.41, 5.74) is 1.55. The number of likely N-dealkylation sites (tertiary alicyclic amines) is 1. The van der Waals surface area contributed by atoms with E-state index in [9.17, 15) is 4.79 Å². The van der Waals surface area contributed by atoms with Gasteiger partial charge in [-0.1, -0.05) is 18.2 Å². The molecule has 1 N–H and O–H groups in total. The molecule has 1 aromatic heterocycles. The Balaban J connectivity index is 1.53. The molecule has 1 fully saturated rings. The van der Waals surface area contributed by atoms with E-state index >= 15 is 0 Å². The van der Waals surface area contributed by atoms with Gasteiger partial charge in [0.1, 0.15) is 11.6 Å². The number of para-hydroxylation sites is 1. The van der Waals surface area contributed by atoms with Crippen LogP contribution in [-0.2, 0) is 6.42 Å². The van der Waals surface area contributed by atoms with Gasteiger partial charge >= 0.3 is 0 Å². The molecule has 1 aromatic carbocycles. The number of carbonyl (C=O) groups excluding carboxylic acids is 1. The van der Waals surface area contributed by atoms with Crippen LogP contribution in [0.3, 0.4) is 0 Å². The number of carbonyl (C=O) groups is 1. The van der Waals surface area contributed by atoms with E-state index in [-0.39, 0.29) is 5.91 Å². The molecule has 126 valence electrons. The highest BCUT2D eigenvalue weighted by Crippen LogP contribution is 2.18. The maximum atomic E-state index is 12.2. The number of rotatable bonds is 6. The van der Waals surface area contributed by atoms with Crippen molar-refractivity contribution in [3.8, 4) is 5.75 Å². The predicted molar refractivity (Wildman–Crippen MR) is 92.4 cm³/mol. The van der Waals surface area contributed by atoms with Gasteiger partial charge in [0.25, 0.3) is 5.91 Å². The summed E-state index contributed by atoms with van der Waals surface area (Å²) in [6.45, 7) is 2.35. The van der Waals surface area contributed by atoms with E-state index in [1.807, 2.05) is 29.2 Å². The summed E-state index contributed by atoms with van der Waals surface area (Å²) in [6.07, 6.45) is 2.96. The van der Waals surface area contributed by atoms with Crippen LogP contribution >= 0.6 is 0 Å². The first-order valence-electron chi connectivity index (χ1n) is 8.26. The van der Waals surface area contributed by atoms with Gasteiger partial charge in [0.2, 0.25) is 0 Å². The molecular formula is C18H22N4O2. The number of aromatic nitrogens is 2. The fraction of sp³-hybridized carbons (Fsp3) is 0.389. The molecule has 0 unspecified atom stereocenters. The Labute approximate surface area is 141 Å². The first-order chi connectivity index (χ1) is 11.8. The van der Waals surface area contributed by atoms with Crippen LogP contribution in [0.2, 0.25) is 0 Å². The lowest BCUT2D eigenvalue weighted by atomic mass is 10.1.